The third-order valence-corrected chi connectivity index (χ3v) is 11.5. The molecule has 10 aromatic carbocycles. The average molecular weight is 740 g/mol. The van der Waals surface area contributed by atoms with E-state index >= 15 is 0 Å². The first-order valence-electron chi connectivity index (χ1n) is 19.8. The summed E-state index contributed by atoms with van der Waals surface area (Å²) in [7, 11) is 0. The van der Waals surface area contributed by atoms with E-state index in [2.05, 4.69) is 217 Å². The van der Waals surface area contributed by atoms with Crippen LogP contribution in [0.15, 0.2) is 229 Å². The van der Waals surface area contributed by atoms with E-state index in [-0.39, 0.29) is 0 Å². The first-order valence-corrected chi connectivity index (χ1v) is 19.8. The van der Waals surface area contributed by atoms with Crippen molar-refractivity contribution in [3.05, 3.63) is 224 Å². The van der Waals surface area contributed by atoms with Crippen LogP contribution in [-0.2, 0) is 0 Å². The third kappa shape index (κ3) is 5.91. The number of benzene rings is 10. The Hall–Kier alpha value is -7.68. The molecule has 11 aromatic rings. The van der Waals surface area contributed by atoms with Gasteiger partial charge in [-0.3, -0.25) is 0 Å². The van der Waals surface area contributed by atoms with Crippen LogP contribution in [0.2, 0.25) is 0 Å². The van der Waals surface area contributed by atoms with Gasteiger partial charge in [0.2, 0.25) is 0 Å². The van der Waals surface area contributed by atoms with E-state index in [1.54, 1.807) is 0 Å². The maximum atomic E-state index is 6.23. The number of nitrogens with zero attached hydrogens (tertiary/aromatic N) is 1. The van der Waals surface area contributed by atoms with E-state index in [0.29, 0.717) is 0 Å². The van der Waals surface area contributed by atoms with Crippen molar-refractivity contribution in [2.24, 2.45) is 0 Å². The molecule has 272 valence electrons. The molecule has 0 saturated carbocycles. The summed E-state index contributed by atoms with van der Waals surface area (Å²) in [4.78, 5) is 2.34. The quantitative estimate of drug-likeness (QED) is 0.162. The standard InChI is InChI=1S/C56H37NO/c1-2-11-38(12-3-1)40-23-29-45(30-24-40)57(47-33-27-42(28-34-47)50-18-10-20-55-56(50)53-17-8-9-19-54(53)58-55)46-31-25-41(26-32-46)48-35-36-49(52-16-7-6-15-51(48)52)44-22-21-39-13-4-5-14-43(39)37-44/h1-37H. The highest BCUT2D eigenvalue weighted by molar-refractivity contribution is 6.12. The van der Waals surface area contributed by atoms with Gasteiger partial charge < -0.3 is 9.32 Å². The van der Waals surface area contributed by atoms with Crippen molar-refractivity contribution >= 4 is 60.5 Å². The fourth-order valence-electron chi connectivity index (χ4n) is 8.64. The van der Waals surface area contributed by atoms with Crippen LogP contribution < -0.4 is 4.90 Å². The van der Waals surface area contributed by atoms with Crippen molar-refractivity contribution in [1.29, 1.82) is 0 Å². The van der Waals surface area contributed by atoms with E-state index in [1.807, 2.05) is 12.1 Å². The largest absolute Gasteiger partial charge is 0.456 e. The summed E-state index contributed by atoms with van der Waals surface area (Å²) in [6.45, 7) is 0. The molecule has 0 spiro atoms. The van der Waals surface area contributed by atoms with Crippen molar-refractivity contribution in [3.8, 4) is 44.5 Å². The van der Waals surface area contributed by atoms with Gasteiger partial charge in [0.15, 0.2) is 0 Å². The Balaban J connectivity index is 0.983. The molecular weight excluding hydrogens is 703 g/mol. The molecule has 0 atom stereocenters. The summed E-state index contributed by atoms with van der Waals surface area (Å²) < 4.78 is 6.23. The molecule has 0 N–H and O–H groups in total. The Morgan fingerprint density at radius 2 is 0.759 bits per heavy atom. The van der Waals surface area contributed by atoms with E-state index in [0.717, 1.165) is 50.1 Å². The van der Waals surface area contributed by atoms with E-state index in [4.69, 9.17) is 4.42 Å². The van der Waals surface area contributed by atoms with Crippen LogP contribution >= 0.6 is 0 Å². The fraction of sp³-hybridized carbons (Fsp3) is 0. The lowest BCUT2D eigenvalue weighted by Gasteiger charge is -2.26. The Labute approximate surface area is 337 Å². The number of rotatable bonds is 7. The molecule has 0 amide bonds. The second-order valence-corrected chi connectivity index (χ2v) is 14.9. The third-order valence-electron chi connectivity index (χ3n) is 11.5. The second kappa shape index (κ2) is 14.1. The normalized spacial score (nSPS) is 11.4. The minimum absolute atomic E-state index is 0.902. The second-order valence-electron chi connectivity index (χ2n) is 14.9. The summed E-state index contributed by atoms with van der Waals surface area (Å²) in [5.41, 5.74) is 14.6. The number of fused-ring (bicyclic) bond motifs is 5. The van der Waals surface area contributed by atoms with Crippen LogP contribution in [0.4, 0.5) is 17.1 Å². The lowest BCUT2D eigenvalue weighted by atomic mass is 9.91. The van der Waals surface area contributed by atoms with E-state index in [1.165, 1.54) is 54.9 Å². The van der Waals surface area contributed by atoms with Gasteiger partial charge in [-0.25, -0.2) is 0 Å². The highest BCUT2D eigenvalue weighted by atomic mass is 16.3. The van der Waals surface area contributed by atoms with Crippen LogP contribution in [0.1, 0.15) is 0 Å². The van der Waals surface area contributed by atoms with Gasteiger partial charge in [0.1, 0.15) is 11.2 Å². The SMILES string of the molecule is c1ccc(-c2ccc(N(c3ccc(-c4ccc(-c5ccc6ccccc6c5)c5ccccc45)cc3)c3ccc(-c4cccc5oc6ccccc6c45)cc3)cc2)cc1. The molecule has 0 aliphatic carbocycles. The highest BCUT2D eigenvalue weighted by Gasteiger charge is 2.17. The lowest BCUT2D eigenvalue weighted by molar-refractivity contribution is 0.669. The molecule has 0 saturated heterocycles. The van der Waals surface area contributed by atoms with Gasteiger partial charge in [-0.05, 0) is 121 Å². The molecule has 2 heteroatoms. The maximum Gasteiger partial charge on any atom is 0.136 e. The summed E-state index contributed by atoms with van der Waals surface area (Å²) in [5.74, 6) is 0. The van der Waals surface area contributed by atoms with Crippen molar-refractivity contribution in [1.82, 2.24) is 0 Å². The summed E-state index contributed by atoms with van der Waals surface area (Å²) >= 11 is 0. The van der Waals surface area contributed by atoms with Crippen LogP contribution in [0.5, 0.6) is 0 Å². The first kappa shape index (κ1) is 33.6. The number of hydrogen-bond acceptors (Lipinski definition) is 2. The lowest BCUT2D eigenvalue weighted by Crippen LogP contribution is -2.09. The predicted molar refractivity (Wildman–Crippen MR) is 245 cm³/mol. The van der Waals surface area contributed by atoms with Crippen LogP contribution in [-0.4, -0.2) is 0 Å². The van der Waals surface area contributed by atoms with E-state index < -0.39 is 0 Å². The zero-order valence-electron chi connectivity index (χ0n) is 31.7. The number of anilines is 3. The smallest absolute Gasteiger partial charge is 0.136 e. The van der Waals surface area contributed by atoms with Crippen LogP contribution in [0.3, 0.4) is 0 Å². The maximum absolute atomic E-state index is 6.23. The molecule has 0 radical (unpaired) electrons. The van der Waals surface area contributed by atoms with Gasteiger partial charge in [-0.15, -0.1) is 0 Å². The fourth-order valence-corrected chi connectivity index (χ4v) is 8.64. The number of hydrogen-bond donors (Lipinski definition) is 0. The Bertz CT molecular complexity index is 3250. The van der Waals surface area contributed by atoms with Gasteiger partial charge in [0.25, 0.3) is 0 Å². The molecule has 1 heterocycles. The van der Waals surface area contributed by atoms with Crippen molar-refractivity contribution in [2.75, 3.05) is 4.90 Å². The van der Waals surface area contributed by atoms with Crippen LogP contribution in [0.25, 0.3) is 88.0 Å². The van der Waals surface area contributed by atoms with Gasteiger partial charge in [0, 0.05) is 27.8 Å². The summed E-state index contributed by atoms with van der Waals surface area (Å²) in [5, 5.41) is 7.27. The molecule has 1 aromatic heterocycles. The van der Waals surface area contributed by atoms with Crippen LogP contribution in [0, 0.1) is 0 Å². The molecule has 0 bridgehead atoms. The molecule has 11 rings (SSSR count). The van der Waals surface area contributed by atoms with E-state index in [9.17, 15) is 0 Å². The minimum atomic E-state index is 0.902. The first-order chi connectivity index (χ1) is 28.7. The van der Waals surface area contributed by atoms with Gasteiger partial charge in [-0.1, -0.05) is 170 Å². The van der Waals surface area contributed by atoms with Crippen molar-refractivity contribution < 1.29 is 4.42 Å². The zero-order valence-corrected chi connectivity index (χ0v) is 31.7. The number of furan rings is 1. The monoisotopic (exact) mass is 739 g/mol. The average Bonchev–Trinajstić information content (AvgIpc) is 3.69. The Kier molecular flexibility index (Phi) is 8.19. The molecule has 0 aliphatic rings. The molecular formula is C56H37NO. The topological polar surface area (TPSA) is 16.4 Å². The Morgan fingerprint density at radius 1 is 0.276 bits per heavy atom. The highest BCUT2D eigenvalue weighted by Crippen LogP contribution is 2.42. The van der Waals surface area contributed by atoms with Gasteiger partial charge >= 0.3 is 0 Å². The summed E-state index contributed by atoms with van der Waals surface area (Å²) in [6.07, 6.45) is 0. The van der Waals surface area contributed by atoms with Gasteiger partial charge in [-0.2, -0.15) is 0 Å². The summed E-state index contributed by atoms with van der Waals surface area (Å²) in [6, 6.07) is 80.7. The van der Waals surface area contributed by atoms with Gasteiger partial charge in [0.05, 0.1) is 0 Å². The molecule has 2 nitrogen and oxygen atoms in total. The zero-order chi connectivity index (χ0) is 38.4. The van der Waals surface area contributed by atoms with Crippen molar-refractivity contribution in [2.45, 2.75) is 0 Å². The molecule has 0 unspecified atom stereocenters. The minimum Gasteiger partial charge on any atom is -0.456 e. The molecule has 58 heavy (non-hydrogen) atoms. The molecule has 0 fully saturated rings. The molecule has 0 aliphatic heterocycles. The number of para-hydroxylation sites is 1. The van der Waals surface area contributed by atoms with Crippen molar-refractivity contribution in [3.63, 3.8) is 0 Å². The predicted octanol–water partition coefficient (Wildman–Crippen LogP) is 16.0. The Morgan fingerprint density at radius 3 is 1.43 bits per heavy atom.